The van der Waals surface area contributed by atoms with Gasteiger partial charge in [-0.05, 0) is 18.2 Å². The predicted molar refractivity (Wildman–Crippen MR) is 60.0 cm³/mol. The minimum absolute atomic E-state index is 0.250. The second-order valence-electron chi connectivity index (χ2n) is 3.11. The van der Waals surface area contributed by atoms with Gasteiger partial charge in [0.15, 0.2) is 0 Å². The predicted octanol–water partition coefficient (Wildman–Crippen LogP) is 3.03. The molecule has 0 aromatic heterocycles. The van der Waals surface area contributed by atoms with E-state index < -0.39 is 15.1 Å². The van der Waals surface area contributed by atoms with E-state index in [2.05, 4.69) is 0 Å². The Balaban J connectivity index is 2.64. The van der Waals surface area contributed by atoms with Gasteiger partial charge >= 0.3 is 10.2 Å². The molecule has 0 saturated carbocycles. The van der Waals surface area contributed by atoms with Crippen LogP contribution in [0.5, 0.6) is 5.75 Å². The molecular weight excluding hydrogens is 278 g/mol. The molecule has 0 radical (unpaired) electrons. The van der Waals surface area contributed by atoms with Gasteiger partial charge in [-0.25, -0.2) is 0 Å². The van der Waals surface area contributed by atoms with Crippen LogP contribution in [0.4, 0.5) is 3.89 Å². The number of hydrogen-bond acceptors (Lipinski definition) is 3. The van der Waals surface area contributed by atoms with E-state index in [-0.39, 0.29) is 22.9 Å². The summed E-state index contributed by atoms with van der Waals surface area (Å²) in [7, 11) is -4.76. The number of rotatable bonds is 1. The monoisotopic (exact) mass is 282 g/mol. The Bertz CT molecular complexity index is 581. The standard InChI is InChI=1S/C9H5Cl2FO3S/c10-7-1-2-8(11)9-6(7)3-5(4-15-9)16(12,13)14/h1-3H,4H2. The van der Waals surface area contributed by atoms with Gasteiger partial charge in [-0.3, -0.25) is 0 Å². The van der Waals surface area contributed by atoms with Crippen molar-refractivity contribution in [3.05, 3.63) is 32.6 Å². The quantitative estimate of drug-likeness (QED) is 0.744. The van der Waals surface area contributed by atoms with Crippen molar-refractivity contribution in [2.45, 2.75) is 0 Å². The lowest BCUT2D eigenvalue weighted by atomic mass is 10.1. The van der Waals surface area contributed by atoms with E-state index in [9.17, 15) is 12.3 Å². The van der Waals surface area contributed by atoms with Gasteiger partial charge < -0.3 is 4.74 Å². The van der Waals surface area contributed by atoms with Crippen molar-refractivity contribution < 1.29 is 17.0 Å². The van der Waals surface area contributed by atoms with Gasteiger partial charge in [0.1, 0.15) is 17.3 Å². The minimum atomic E-state index is -4.76. The molecule has 1 aliphatic heterocycles. The van der Waals surface area contributed by atoms with Gasteiger partial charge in [-0.15, -0.1) is 3.89 Å². The Morgan fingerprint density at radius 2 is 1.88 bits per heavy atom. The molecule has 0 amide bonds. The van der Waals surface area contributed by atoms with E-state index in [1.54, 1.807) is 0 Å². The maximum absolute atomic E-state index is 12.7. The second-order valence-corrected chi connectivity index (χ2v) is 5.32. The Labute approximate surface area is 102 Å². The van der Waals surface area contributed by atoms with Crippen LogP contribution in [0, 0.1) is 0 Å². The smallest absolute Gasteiger partial charge is 0.331 e. The summed E-state index contributed by atoms with van der Waals surface area (Å²) in [6.45, 7) is -0.383. The molecule has 0 N–H and O–H groups in total. The van der Waals surface area contributed by atoms with E-state index >= 15 is 0 Å². The molecule has 1 heterocycles. The third kappa shape index (κ3) is 2.03. The van der Waals surface area contributed by atoms with Crippen LogP contribution in [-0.4, -0.2) is 15.0 Å². The third-order valence-electron chi connectivity index (χ3n) is 2.07. The summed E-state index contributed by atoms with van der Waals surface area (Å²) in [4.78, 5) is -0.468. The highest BCUT2D eigenvalue weighted by atomic mass is 35.5. The van der Waals surface area contributed by atoms with Crippen LogP contribution in [0.2, 0.25) is 10.0 Å². The molecular formula is C9H5Cl2FO3S. The molecule has 2 rings (SSSR count). The topological polar surface area (TPSA) is 43.4 Å². The fraction of sp³-hybridized carbons (Fsp3) is 0.111. The van der Waals surface area contributed by atoms with Crippen LogP contribution in [-0.2, 0) is 10.2 Å². The SMILES string of the molecule is O=S(=O)(F)C1=Cc2c(Cl)ccc(Cl)c2OC1. The van der Waals surface area contributed by atoms with E-state index in [0.717, 1.165) is 6.08 Å². The van der Waals surface area contributed by atoms with Crippen LogP contribution >= 0.6 is 23.2 Å². The van der Waals surface area contributed by atoms with Gasteiger partial charge in [-0.2, -0.15) is 8.42 Å². The molecule has 0 bridgehead atoms. The van der Waals surface area contributed by atoms with E-state index in [1.807, 2.05) is 0 Å². The van der Waals surface area contributed by atoms with Crippen molar-refractivity contribution in [1.29, 1.82) is 0 Å². The lowest BCUT2D eigenvalue weighted by Crippen LogP contribution is -2.12. The summed E-state index contributed by atoms with van der Waals surface area (Å²) in [5.74, 6) is 0.265. The highest BCUT2D eigenvalue weighted by Crippen LogP contribution is 2.39. The third-order valence-corrected chi connectivity index (χ3v) is 3.56. The zero-order valence-electron chi connectivity index (χ0n) is 7.71. The molecule has 0 saturated heterocycles. The molecule has 7 heteroatoms. The number of ether oxygens (including phenoxy) is 1. The first-order valence-electron chi connectivity index (χ1n) is 4.15. The molecule has 0 aliphatic carbocycles. The number of halogens is 3. The molecule has 0 spiro atoms. The normalized spacial score (nSPS) is 15.1. The van der Waals surface area contributed by atoms with Gasteiger partial charge in [0, 0.05) is 5.56 Å². The Morgan fingerprint density at radius 1 is 1.25 bits per heavy atom. The largest absolute Gasteiger partial charge is 0.486 e. The zero-order chi connectivity index (χ0) is 11.9. The van der Waals surface area contributed by atoms with Gasteiger partial charge in [0.2, 0.25) is 0 Å². The van der Waals surface area contributed by atoms with Crippen molar-refractivity contribution in [1.82, 2.24) is 0 Å². The van der Waals surface area contributed by atoms with Crippen LogP contribution < -0.4 is 4.74 Å². The summed E-state index contributed by atoms with van der Waals surface area (Å²) in [6.07, 6.45) is 1.13. The summed E-state index contributed by atoms with van der Waals surface area (Å²) in [5, 5.41) is 0.547. The molecule has 0 atom stereocenters. The maximum atomic E-state index is 12.7. The summed E-state index contributed by atoms with van der Waals surface area (Å²) in [5.41, 5.74) is 0.275. The first-order chi connectivity index (χ1) is 7.39. The van der Waals surface area contributed by atoms with Crippen LogP contribution in [0.3, 0.4) is 0 Å². The summed E-state index contributed by atoms with van der Waals surface area (Å²) >= 11 is 11.6. The number of benzene rings is 1. The summed E-state index contributed by atoms with van der Waals surface area (Å²) in [6, 6.07) is 3.00. The maximum Gasteiger partial charge on any atom is 0.331 e. The van der Waals surface area contributed by atoms with Crippen molar-refractivity contribution in [2.24, 2.45) is 0 Å². The lowest BCUT2D eigenvalue weighted by Gasteiger charge is -2.17. The van der Waals surface area contributed by atoms with E-state index in [0.29, 0.717) is 5.02 Å². The Kier molecular flexibility index (Phi) is 2.86. The molecule has 3 nitrogen and oxygen atoms in total. The van der Waals surface area contributed by atoms with Gasteiger partial charge in [0.25, 0.3) is 0 Å². The lowest BCUT2D eigenvalue weighted by molar-refractivity contribution is 0.352. The van der Waals surface area contributed by atoms with E-state index in [4.69, 9.17) is 27.9 Å². The van der Waals surface area contributed by atoms with Crippen molar-refractivity contribution in [3.63, 3.8) is 0 Å². The first-order valence-corrected chi connectivity index (χ1v) is 6.29. The van der Waals surface area contributed by atoms with Gasteiger partial charge in [0.05, 0.1) is 10.0 Å². The van der Waals surface area contributed by atoms with Crippen LogP contribution in [0.15, 0.2) is 17.0 Å². The van der Waals surface area contributed by atoms with Crippen LogP contribution in [0.25, 0.3) is 6.08 Å². The fourth-order valence-corrected chi connectivity index (χ4v) is 2.20. The molecule has 1 aromatic rings. The Morgan fingerprint density at radius 3 is 2.50 bits per heavy atom. The van der Waals surface area contributed by atoms with E-state index in [1.165, 1.54) is 12.1 Å². The average molecular weight is 283 g/mol. The minimum Gasteiger partial charge on any atom is -0.486 e. The molecule has 1 aliphatic rings. The van der Waals surface area contributed by atoms with Crippen molar-refractivity contribution >= 4 is 39.5 Å². The number of fused-ring (bicyclic) bond motifs is 1. The fourth-order valence-electron chi connectivity index (χ4n) is 1.32. The van der Waals surface area contributed by atoms with Crippen LogP contribution in [0.1, 0.15) is 5.56 Å². The van der Waals surface area contributed by atoms with Crippen molar-refractivity contribution in [2.75, 3.05) is 6.61 Å². The molecule has 16 heavy (non-hydrogen) atoms. The number of hydrogen-bond donors (Lipinski definition) is 0. The van der Waals surface area contributed by atoms with Crippen molar-refractivity contribution in [3.8, 4) is 5.75 Å². The van der Waals surface area contributed by atoms with Gasteiger partial charge in [-0.1, -0.05) is 23.2 Å². The second kappa shape index (κ2) is 3.91. The molecule has 86 valence electrons. The Hall–Kier alpha value is -0.780. The summed E-state index contributed by atoms with van der Waals surface area (Å²) < 4.78 is 39.2. The zero-order valence-corrected chi connectivity index (χ0v) is 10.0. The average Bonchev–Trinajstić information content (AvgIpc) is 2.22. The molecule has 0 fully saturated rings. The highest BCUT2D eigenvalue weighted by molar-refractivity contribution is 7.90. The first kappa shape index (κ1) is 11.7. The highest BCUT2D eigenvalue weighted by Gasteiger charge is 2.24. The molecule has 0 unspecified atom stereocenters. The molecule has 1 aromatic carbocycles.